The number of aliphatic hydroxyl groups is 1. The molecule has 150 valence electrons. The molecule has 0 saturated carbocycles. The minimum absolute atomic E-state index is 0.184. The highest BCUT2D eigenvalue weighted by Crippen LogP contribution is 2.27. The second kappa shape index (κ2) is 8.32. The van der Waals surface area contributed by atoms with Crippen molar-refractivity contribution in [3.05, 3.63) is 71.7 Å². The van der Waals surface area contributed by atoms with Gasteiger partial charge in [0.05, 0.1) is 18.4 Å². The Hall–Kier alpha value is -3.39. The first-order chi connectivity index (χ1) is 14.1. The molecule has 0 fully saturated rings. The Morgan fingerprint density at radius 3 is 2.83 bits per heavy atom. The van der Waals surface area contributed by atoms with Gasteiger partial charge in [-0.05, 0) is 23.8 Å². The van der Waals surface area contributed by atoms with Gasteiger partial charge in [0.15, 0.2) is 5.82 Å². The van der Waals surface area contributed by atoms with Crippen LogP contribution in [0.1, 0.15) is 11.1 Å². The molecule has 7 nitrogen and oxygen atoms in total. The van der Waals surface area contributed by atoms with E-state index in [4.69, 9.17) is 4.74 Å². The summed E-state index contributed by atoms with van der Waals surface area (Å²) in [6, 6.07) is 14.2. The second-order valence-corrected chi connectivity index (χ2v) is 6.85. The van der Waals surface area contributed by atoms with Crippen LogP contribution in [0.5, 0.6) is 5.75 Å². The number of nitrogens with one attached hydrogen (secondary N) is 2. The van der Waals surface area contributed by atoms with Crippen LogP contribution >= 0.6 is 0 Å². The Bertz CT molecular complexity index is 983. The number of rotatable bonds is 6. The van der Waals surface area contributed by atoms with E-state index in [1.807, 2.05) is 36.2 Å². The van der Waals surface area contributed by atoms with E-state index in [1.165, 1.54) is 6.07 Å². The third kappa shape index (κ3) is 4.55. The number of halogens is 1. The molecule has 0 saturated heterocycles. The summed E-state index contributed by atoms with van der Waals surface area (Å²) in [7, 11) is 1.87. The number of nitrogens with zero attached hydrogens (tertiary/aromatic N) is 3. The molecule has 0 spiro atoms. The predicted octanol–water partition coefficient (Wildman–Crippen LogP) is 2.99. The molecule has 4 rings (SSSR count). The summed E-state index contributed by atoms with van der Waals surface area (Å²) < 4.78 is 19.3. The van der Waals surface area contributed by atoms with E-state index in [1.54, 1.807) is 24.4 Å². The minimum atomic E-state index is -0.631. The fourth-order valence-electron chi connectivity index (χ4n) is 3.08. The normalized spacial score (nSPS) is 15.4. The van der Waals surface area contributed by atoms with Crippen LogP contribution < -0.4 is 20.3 Å². The summed E-state index contributed by atoms with van der Waals surface area (Å²) in [6.07, 6.45) is 1.03. The maximum atomic E-state index is 13.6. The molecule has 2 aromatic carbocycles. The SMILES string of the molecule is CN1CC(O)Nc2cnc(NCc3ccc(OCc4ccccc4F)cc3)nc21. The van der Waals surface area contributed by atoms with E-state index in [0.29, 0.717) is 36.0 Å². The van der Waals surface area contributed by atoms with Gasteiger partial charge in [0.25, 0.3) is 0 Å². The topological polar surface area (TPSA) is 82.5 Å². The molecule has 1 aliphatic heterocycles. The van der Waals surface area contributed by atoms with Gasteiger partial charge in [0.2, 0.25) is 5.95 Å². The number of ether oxygens (including phenoxy) is 1. The van der Waals surface area contributed by atoms with Crippen LogP contribution in [0.2, 0.25) is 0 Å². The highest BCUT2D eigenvalue weighted by molar-refractivity contribution is 5.68. The fraction of sp³-hybridized carbons (Fsp3) is 0.238. The number of benzene rings is 2. The van der Waals surface area contributed by atoms with Gasteiger partial charge in [-0.2, -0.15) is 4.98 Å². The Morgan fingerprint density at radius 2 is 2.03 bits per heavy atom. The maximum absolute atomic E-state index is 13.6. The van der Waals surface area contributed by atoms with Gasteiger partial charge in [0.1, 0.15) is 24.4 Å². The van der Waals surface area contributed by atoms with Gasteiger partial charge in [-0.1, -0.05) is 30.3 Å². The van der Waals surface area contributed by atoms with Crippen molar-refractivity contribution in [3.63, 3.8) is 0 Å². The zero-order valence-corrected chi connectivity index (χ0v) is 16.0. The Balaban J connectivity index is 1.34. The van der Waals surface area contributed by atoms with E-state index >= 15 is 0 Å². The first kappa shape index (κ1) is 18.9. The number of anilines is 3. The van der Waals surface area contributed by atoms with E-state index in [2.05, 4.69) is 20.6 Å². The fourth-order valence-corrected chi connectivity index (χ4v) is 3.08. The minimum Gasteiger partial charge on any atom is -0.489 e. The lowest BCUT2D eigenvalue weighted by atomic mass is 10.2. The molecule has 0 aliphatic carbocycles. The molecular formula is C21H22FN5O2. The van der Waals surface area contributed by atoms with Crippen LogP contribution in [-0.4, -0.2) is 34.9 Å². The van der Waals surface area contributed by atoms with Gasteiger partial charge >= 0.3 is 0 Å². The molecule has 1 aliphatic rings. The number of hydrogen-bond acceptors (Lipinski definition) is 7. The maximum Gasteiger partial charge on any atom is 0.225 e. The van der Waals surface area contributed by atoms with Crippen LogP contribution in [0.25, 0.3) is 0 Å². The predicted molar refractivity (Wildman–Crippen MR) is 109 cm³/mol. The summed E-state index contributed by atoms with van der Waals surface area (Å²) in [5.74, 6) is 1.65. The molecule has 0 radical (unpaired) electrons. The molecule has 29 heavy (non-hydrogen) atoms. The standard InChI is InChI=1S/C21H22FN5O2/c1-27-12-19(28)25-18-11-24-21(26-20(18)27)23-10-14-6-8-16(9-7-14)29-13-15-4-2-3-5-17(15)22/h2-9,11,19,25,28H,10,12-13H2,1H3,(H,23,24,26). The monoisotopic (exact) mass is 395 g/mol. The molecule has 1 unspecified atom stereocenters. The average Bonchev–Trinajstić information content (AvgIpc) is 2.72. The molecule has 8 heteroatoms. The summed E-state index contributed by atoms with van der Waals surface area (Å²) in [5.41, 5.74) is 2.26. The molecule has 0 bridgehead atoms. The van der Waals surface area contributed by atoms with Gasteiger partial charge in [-0.15, -0.1) is 0 Å². The zero-order valence-electron chi connectivity index (χ0n) is 16.0. The van der Waals surface area contributed by atoms with E-state index < -0.39 is 6.23 Å². The number of hydrogen-bond donors (Lipinski definition) is 3. The number of fused-ring (bicyclic) bond motifs is 1. The van der Waals surface area contributed by atoms with Crippen LogP contribution in [0.3, 0.4) is 0 Å². The molecule has 0 amide bonds. The zero-order chi connectivity index (χ0) is 20.2. The smallest absolute Gasteiger partial charge is 0.225 e. The number of aliphatic hydroxyl groups excluding tert-OH is 1. The van der Waals surface area contributed by atoms with Gasteiger partial charge in [-0.3, -0.25) is 0 Å². The van der Waals surface area contributed by atoms with E-state index in [0.717, 1.165) is 11.4 Å². The molecule has 2 heterocycles. The van der Waals surface area contributed by atoms with E-state index in [9.17, 15) is 9.50 Å². The van der Waals surface area contributed by atoms with Crippen molar-refractivity contribution in [2.75, 3.05) is 29.1 Å². The Kier molecular flexibility index (Phi) is 5.44. The van der Waals surface area contributed by atoms with Crippen LogP contribution in [-0.2, 0) is 13.2 Å². The van der Waals surface area contributed by atoms with Crippen molar-refractivity contribution in [2.24, 2.45) is 0 Å². The highest BCUT2D eigenvalue weighted by Gasteiger charge is 2.21. The third-order valence-electron chi connectivity index (χ3n) is 4.63. The number of β-amino-alcohol motifs (C(OH)–C–C–N with tert-alkyl or cyclic N) is 1. The second-order valence-electron chi connectivity index (χ2n) is 6.85. The summed E-state index contributed by atoms with van der Waals surface area (Å²) in [6.45, 7) is 1.19. The van der Waals surface area contributed by atoms with Gasteiger partial charge in [0, 0.05) is 19.2 Å². The van der Waals surface area contributed by atoms with Crippen molar-refractivity contribution < 1.29 is 14.2 Å². The molecule has 3 N–H and O–H groups in total. The third-order valence-corrected chi connectivity index (χ3v) is 4.63. The van der Waals surface area contributed by atoms with Crippen molar-refractivity contribution in [1.29, 1.82) is 0 Å². The summed E-state index contributed by atoms with van der Waals surface area (Å²) in [4.78, 5) is 10.7. The largest absolute Gasteiger partial charge is 0.489 e. The van der Waals surface area contributed by atoms with Crippen molar-refractivity contribution in [2.45, 2.75) is 19.4 Å². The van der Waals surface area contributed by atoms with Crippen molar-refractivity contribution in [1.82, 2.24) is 9.97 Å². The van der Waals surface area contributed by atoms with Gasteiger partial charge < -0.3 is 25.4 Å². The first-order valence-electron chi connectivity index (χ1n) is 9.30. The quantitative estimate of drug-likeness (QED) is 0.592. The van der Waals surface area contributed by atoms with Crippen LogP contribution in [0.4, 0.5) is 21.8 Å². The first-order valence-corrected chi connectivity index (χ1v) is 9.30. The molecule has 3 aromatic rings. The highest BCUT2D eigenvalue weighted by atomic mass is 19.1. The lowest BCUT2D eigenvalue weighted by molar-refractivity contribution is 0.206. The molecule has 1 atom stereocenters. The lowest BCUT2D eigenvalue weighted by Crippen LogP contribution is -2.39. The molecular weight excluding hydrogens is 373 g/mol. The van der Waals surface area contributed by atoms with Crippen LogP contribution in [0, 0.1) is 5.82 Å². The Morgan fingerprint density at radius 1 is 1.24 bits per heavy atom. The summed E-state index contributed by atoms with van der Waals surface area (Å²) in [5, 5.41) is 15.9. The number of likely N-dealkylation sites (N-methyl/N-ethyl adjacent to an activating group) is 1. The summed E-state index contributed by atoms with van der Waals surface area (Å²) >= 11 is 0. The van der Waals surface area contributed by atoms with E-state index in [-0.39, 0.29) is 12.4 Å². The number of aromatic nitrogens is 2. The van der Waals surface area contributed by atoms with Crippen molar-refractivity contribution in [3.8, 4) is 5.75 Å². The Labute approximate surface area is 168 Å². The average molecular weight is 395 g/mol. The van der Waals surface area contributed by atoms with Gasteiger partial charge in [-0.25, -0.2) is 9.37 Å². The molecule has 1 aromatic heterocycles. The lowest BCUT2D eigenvalue weighted by Gasteiger charge is -2.30. The van der Waals surface area contributed by atoms with Crippen LogP contribution in [0.15, 0.2) is 54.7 Å². The van der Waals surface area contributed by atoms with Crippen molar-refractivity contribution >= 4 is 17.5 Å².